The molecule has 9 heteroatoms. The van der Waals surface area contributed by atoms with Gasteiger partial charge in [0.15, 0.2) is 11.6 Å². The van der Waals surface area contributed by atoms with Crippen molar-refractivity contribution in [2.75, 3.05) is 0 Å². The molecule has 0 spiro atoms. The van der Waals surface area contributed by atoms with Crippen molar-refractivity contribution >= 4 is 33.2 Å². The number of rotatable bonds is 3. The van der Waals surface area contributed by atoms with E-state index >= 15 is 0 Å². The van der Waals surface area contributed by atoms with Crippen LogP contribution in [0.4, 0.5) is 10.1 Å². The number of ether oxygens (including phenoxy) is 1. The Morgan fingerprint density at radius 2 is 2.20 bits per heavy atom. The van der Waals surface area contributed by atoms with E-state index in [1.165, 1.54) is 19.2 Å². The lowest BCUT2D eigenvalue weighted by atomic mass is 10.2. The van der Waals surface area contributed by atoms with Crippen molar-refractivity contribution in [3.05, 3.63) is 49.6 Å². The van der Waals surface area contributed by atoms with Crippen molar-refractivity contribution in [1.82, 2.24) is 9.97 Å². The van der Waals surface area contributed by atoms with E-state index in [1.807, 2.05) is 0 Å². The van der Waals surface area contributed by atoms with Crippen LogP contribution in [0.25, 0.3) is 0 Å². The minimum atomic E-state index is -0.871. The highest BCUT2D eigenvalue weighted by Crippen LogP contribution is 2.32. The molecule has 104 valence electrons. The van der Waals surface area contributed by atoms with Gasteiger partial charge in [-0.15, -0.1) is 0 Å². The van der Waals surface area contributed by atoms with Gasteiger partial charge in [-0.05, 0) is 40.5 Å². The largest absolute Gasteiger partial charge is 0.435 e. The highest BCUT2D eigenvalue weighted by atomic mass is 79.9. The predicted molar refractivity (Wildman–Crippen MR) is 72.6 cm³/mol. The van der Waals surface area contributed by atoms with E-state index in [2.05, 4.69) is 25.9 Å². The Morgan fingerprint density at radius 3 is 2.85 bits per heavy atom. The first-order valence-electron chi connectivity index (χ1n) is 5.19. The van der Waals surface area contributed by atoms with Gasteiger partial charge in [0.05, 0.1) is 15.5 Å². The predicted octanol–water partition coefficient (Wildman–Crippen LogP) is 4.04. The van der Waals surface area contributed by atoms with Gasteiger partial charge in [0.1, 0.15) is 0 Å². The van der Waals surface area contributed by atoms with Crippen LogP contribution in [0.5, 0.6) is 11.6 Å². The SMILES string of the molecule is Cc1cc(Oc2nc(Cl)ncc2Br)c(F)cc1[N+](=O)[O-]. The molecule has 0 N–H and O–H groups in total. The third-order valence-corrected chi connectivity index (χ3v) is 3.06. The zero-order valence-electron chi connectivity index (χ0n) is 9.93. The van der Waals surface area contributed by atoms with Crippen molar-refractivity contribution in [3.63, 3.8) is 0 Å². The summed E-state index contributed by atoms with van der Waals surface area (Å²) >= 11 is 8.74. The average molecular weight is 363 g/mol. The van der Waals surface area contributed by atoms with Gasteiger partial charge in [0.2, 0.25) is 11.2 Å². The second kappa shape index (κ2) is 5.68. The molecule has 2 aromatic rings. The molecule has 0 radical (unpaired) electrons. The van der Waals surface area contributed by atoms with E-state index in [1.54, 1.807) is 0 Å². The standard InChI is InChI=1S/C11H6BrClFN3O3/c1-5-2-9(7(14)3-8(5)17(18)19)20-10-6(12)4-15-11(13)16-10/h2-4H,1H3. The molecule has 6 nitrogen and oxygen atoms in total. The first-order chi connectivity index (χ1) is 9.38. The molecular weight excluding hydrogens is 356 g/mol. The molecule has 1 aromatic heterocycles. The Hall–Kier alpha value is -1.80. The minimum absolute atomic E-state index is 0.0113. The Labute approximate surface area is 125 Å². The summed E-state index contributed by atoms with van der Waals surface area (Å²) in [6.45, 7) is 1.48. The fraction of sp³-hybridized carbons (Fsp3) is 0.0909. The van der Waals surface area contributed by atoms with Crippen LogP contribution >= 0.6 is 27.5 Å². The van der Waals surface area contributed by atoms with Gasteiger partial charge in [0.25, 0.3) is 5.69 Å². The molecule has 20 heavy (non-hydrogen) atoms. The van der Waals surface area contributed by atoms with Crippen LogP contribution in [0.3, 0.4) is 0 Å². The first kappa shape index (κ1) is 14.6. The highest BCUT2D eigenvalue weighted by Gasteiger charge is 2.18. The van der Waals surface area contributed by atoms with Crippen molar-refractivity contribution < 1.29 is 14.1 Å². The number of aromatic nitrogens is 2. The molecule has 0 unspecified atom stereocenters. The molecule has 0 atom stereocenters. The molecule has 1 heterocycles. The lowest BCUT2D eigenvalue weighted by Gasteiger charge is -2.08. The van der Waals surface area contributed by atoms with Crippen molar-refractivity contribution in [3.8, 4) is 11.6 Å². The normalized spacial score (nSPS) is 10.4. The summed E-state index contributed by atoms with van der Waals surface area (Å²) in [5.74, 6) is -1.05. The molecule has 1 aromatic carbocycles. The molecule has 0 amide bonds. The van der Waals surface area contributed by atoms with Gasteiger partial charge >= 0.3 is 0 Å². The van der Waals surface area contributed by atoms with Crippen LogP contribution in [-0.4, -0.2) is 14.9 Å². The summed E-state index contributed by atoms with van der Waals surface area (Å²) in [5.41, 5.74) is -0.0580. The van der Waals surface area contributed by atoms with Gasteiger partial charge in [-0.3, -0.25) is 10.1 Å². The van der Waals surface area contributed by atoms with Crippen LogP contribution in [0, 0.1) is 22.9 Å². The molecule has 0 aliphatic heterocycles. The number of hydrogen-bond acceptors (Lipinski definition) is 5. The first-order valence-corrected chi connectivity index (χ1v) is 6.36. The molecule has 0 saturated heterocycles. The number of nitrogens with zero attached hydrogens (tertiary/aromatic N) is 3. The second-order valence-corrected chi connectivity index (χ2v) is 4.91. The maximum absolute atomic E-state index is 13.8. The monoisotopic (exact) mass is 361 g/mol. The molecule has 0 bridgehead atoms. The zero-order chi connectivity index (χ0) is 14.9. The van der Waals surface area contributed by atoms with E-state index in [0.717, 1.165) is 6.07 Å². The smallest absolute Gasteiger partial charge is 0.275 e. The highest BCUT2D eigenvalue weighted by molar-refractivity contribution is 9.10. The summed E-state index contributed by atoms with van der Waals surface area (Å²) in [4.78, 5) is 17.5. The molecule has 0 fully saturated rings. The third-order valence-electron chi connectivity index (χ3n) is 2.34. The summed E-state index contributed by atoms with van der Waals surface area (Å²) in [6, 6.07) is 2.01. The maximum Gasteiger partial charge on any atom is 0.275 e. The van der Waals surface area contributed by atoms with E-state index in [9.17, 15) is 14.5 Å². The number of halogens is 3. The average Bonchev–Trinajstić information content (AvgIpc) is 2.37. The number of hydrogen-bond donors (Lipinski definition) is 0. The summed E-state index contributed by atoms with van der Waals surface area (Å²) in [5, 5.41) is 10.6. The van der Waals surface area contributed by atoms with Crippen LogP contribution < -0.4 is 4.74 Å². The molecule has 2 rings (SSSR count). The lowest BCUT2D eigenvalue weighted by molar-refractivity contribution is -0.385. The summed E-state index contributed by atoms with van der Waals surface area (Å²) in [7, 11) is 0. The second-order valence-electron chi connectivity index (χ2n) is 3.72. The van der Waals surface area contributed by atoms with E-state index in [0.29, 0.717) is 4.47 Å². The quantitative estimate of drug-likeness (QED) is 0.468. The fourth-order valence-electron chi connectivity index (χ4n) is 1.43. The van der Waals surface area contributed by atoms with Crippen LogP contribution in [-0.2, 0) is 0 Å². The van der Waals surface area contributed by atoms with Crippen molar-refractivity contribution in [1.29, 1.82) is 0 Å². The molecule has 0 aliphatic carbocycles. The van der Waals surface area contributed by atoms with Crippen LogP contribution in [0.1, 0.15) is 5.56 Å². The summed E-state index contributed by atoms with van der Waals surface area (Å²) < 4.78 is 19.4. The summed E-state index contributed by atoms with van der Waals surface area (Å²) in [6.07, 6.45) is 1.35. The van der Waals surface area contributed by atoms with Gasteiger partial charge < -0.3 is 4.74 Å². The third kappa shape index (κ3) is 3.02. The van der Waals surface area contributed by atoms with Gasteiger partial charge in [0, 0.05) is 11.8 Å². The van der Waals surface area contributed by atoms with E-state index in [-0.39, 0.29) is 28.2 Å². The zero-order valence-corrected chi connectivity index (χ0v) is 12.3. The van der Waals surface area contributed by atoms with Crippen molar-refractivity contribution in [2.24, 2.45) is 0 Å². The Morgan fingerprint density at radius 1 is 1.50 bits per heavy atom. The van der Waals surface area contributed by atoms with Crippen molar-refractivity contribution in [2.45, 2.75) is 6.92 Å². The number of nitro groups is 1. The fourth-order valence-corrected chi connectivity index (χ4v) is 1.82. The maximum atomic E-state index is 13.8. The Kier molecular flexibility index (Phi) is 4.15. The van der Waals surface area contributed by atoms with Crippen LogP contribution in [0.15, 0.2) is 22.8 Å². The number of nitro benzene ring substituents is 1. The number of benzene rings is 1. The minimum Gasteiger partial charge on any atom is -0.435 e. The molecular formula is C11H6BrClFN3O3. The Balaban J connectivity index is 2.42. The van der Waals surface area contributed by atoms with Gasteiger partial charge in [-0.25, -0.2) is 9.37 Å². The molecule has 0 aliphatic rings. The lowest BCUT2D eigenvalue weighted by Crippen LogP contribution is -1.97. The van der Waals surface area contributed by atoms with Crippen LogP contribution in [0.2, 0.25) is 5.28 Å². The Bertz CT molecular complexity index is 699. The van der Waals surface area contributed by atoms with E-state index in [4.69, 9.17) is 16.3 Å². The molecule has 0 saturated carbocycles. The topological polar surface area (TPSA) is 78.2 Å². The number of aryl methyl sites for hydroxylation is 1. The van der Waals surface area contributed by atoms with Gasteiger partial charge in [-0.2, -0.15) is 4.98 Å². The van der Waals surface area contributed by atoms with Gasteiger partial charge in [-0.1, -0.05) is 0 Å². The van der Waals surface area contributed by atoms with E-state index < -0.39 is 10.7 Å².